The molecule has 3 N–H and O–H groups in total. The van der Waals surface area contributed by atoms with Gasteiger partial charge in [-0.1, -0.05) is 6.07 Å². The van der Waals surface area contributed by atoms with Gasteiger partial charge < -0.3 is 15.6 Å². The molecule has 0 saturated heterocycles. The lowest BCUT2D eigenvalue weighted by molar-refractivity contribution is 0.183. The van der Waals surface area contributed by atoms with Crippen molar-refractivity contribution >= 4 is 10.8 Å². The predicted molar refractivity (Wildman–Crippen MR) is 62.3 cm³/mol. The van der Waals surface area contributed by atoms with Crippen molar-refractivity contribution in [3.63, 3.8) is 0 Å². The summed E-state index contributed by atoms with van der Waals surface area (Å²) in [6.45, 7) is 0.156. The molecule has 0 aliphatic carbocycles. The van der Waals surface area contributed by atoms with Crippen molar-refractivity contribution in [3.8, 4) is 5.75 Å². The van der Waals surface area contributed by atoms with Crippen LogP contribution >= 0.6 is 0 Å². The van der Waals surface area contributed by atoms with E-state index < -0.39 is 6.10 Å². The maximum atomic E-state index is 9.76. The molecular weight excluding hydrogens is 204 g/mol. The molecular formula is C12H14N2O2. The topological polar surface area (TPSA) is 68.4 Å². The summed E-state index contributed by atoms with van der Waals surface area (Å²) in [7, 11) is 1.61. The number of benzene rings is 1. The molecule has 1 aromatic heterocycles. The van der Waals surface area contributed by atoms with E-state index >= 15 is 0 Å². The number of aliphatic hydroxyl groups excluding tert-OH is 1. The monoisotopic (exact) mass is 218 g/mol. The summed E-state index contributed by atoms with van der Waals surface area (Å²) in [6, 6.07) is 7.56. The Bertz CT molecular complexity index is 499. The fourth-order valence-electron chi connectivity index (χ4n) is 1.67. The second-order valence-corrected chi connectivity index (χ2v) is 3.53. The number of rotatable bonds is 3. The minimum Gasteiger partial charge on any atom is -0.497 e. The van der Waals surface area contributed by atoms with Crippen molar-refractivity contribution < 1.29 is 9.84 Å². The van der Waals surface area contributed by atoms with Gasteiger partial charge in [-0.25, -0.2) is 0 Å². The number of nitrogens with zero attached hydrogens (tertiary/aromatic N) is 1. The fourth-order valence-corrected chi connectivity index (χ4v) is 1.67. The number of methoxy groups -OCH3 is 1. The Labute approximate surface area is 93.7 Å². The predicted octanol–water partition coefficient (Wildman–Crippen LogP) is 1.24. The number of aliphatic hydroxyl groups is 1. The third-order valence-corrected chi connectivity index (χ3v) is 2.54. The summed E-state index contributed by atoms with van der Waals surface area (Å²) in [5.74, 6) is 0.742. The van der Waals surface area contributed by atoms with Crippen molar-refractivity contribution in [2.45, 2.75) is 6.10 Å². The van der Waals surface area contributed by atoms with Gasteiger partial charge in [-0.3, -0.25) is 4.98 Å². The molecule has 4 nitrogen and oxygen atoms in total. The number of hydrogen-bond donors (Lipinski definition) is 2. The quantitative estimate of drug-likeness (QED) is 0.813. The van der Waals surface area contributed by atoms with Crippen LogP contribution < -0.4 is 10.5 Å². The highest BCUT2D eigenvalue weighted by Crippen LogP contribution is 2.25. The SMILES string of the molecule is COc1ccc2ccnc(C(O)CN)c2c1. The summed E-state index contributed by atoms with van der Waals surface area (Å²) in [4.78, 5) is 4.17. The number of hydrogen-bond acceptors (Lipinski definition) is 4. The average molecular weight is 218 g/mol. The number of nitrogens with two attached hydrogens (primary N) is 1. The van der Waals surface area contributed by atoms with Crippen LogP contribution in [0.15, 0.2) is 30.5 Å². The second kappa shape index (κ2) is 4.47. The molecule has 0 aliphatic heterocycles. The minimum atomic E-state index is -0.740. The van der Waals surface area contributed by atoms with E-state index in [-0.39, 0.29) is 6.54 Å². The normalized spacial score (nSPS) is 12.7. The lowest BCUT2D eigenvalue weighted by Crippen LogP contribution is -2.13. The molecule has 16 heavy (non-hydrogen) atoms. The van der Waals surface area contributed by atoms with Crippen molar-refractivity contribution in [2.24, 2.45) is 5.73 Å². The van der Waals surface area contributed by atoms with Crippen molar-refractivity contribution in [2.75, 3.05) is 13.7 Å². The van der Waals surface area contributed by atoms with E-state index in [4.69, 9.17) is 10.5 Å². The molecule has 0 bridgehead atoms. The van der Waals surface area contributed by atoms with Crippen LogP contribution in [0.3, 0.4) is 0 Å². The van der Waals surface area contributed by atoms with Gasteiger partial charge in [0, 0.05) is 18.1 Å². The summed E-state index contributed by atoms with van der Waals surface area (Å²) in [5, 5.41) is 11.6. The summed E-state index contributed by atoms with van der Waals surface area (Å²) < 4.78 is 5.15. The molecule has 0 fully saturated rings. The van der Waals surface area contributed by atoms with E-state index in [1.54, 1.807) is 13.3 Å². The van der Waals surface area contributed by atoms with E-state index in [1.807, 2.05) is 24.3 Å². The third-order valence-electron chi connectivity index (χ3n) is 2.54. The summed E-state index contributed by atoms with van der Waals surface area (Å²) >= 11 is 0. The standard InChI is InChI=1S/C12H14N2O2/c1-16-9-3-2-8-4-5-14-12(10(8)6-9)11(15)7-13/h2-6,11,15H,7,13H2,1H3. The van der Waals surface area contributed by atoms with Gasteiger partial charge in [0.2, 0.25) is 0 Å². The van der Waals surface area contributed by atoms with Gasteiger partial charge >= 0.3 is 0 Å². The molecule has 84 valence electrons. The van der Waals surface area contributed by atoms with E-state index in [0.29, 0.717) is 5.69 Å². The van der Waals surface area contributed by atoms with Gasteiger partial charge in [0.25, 0.3) is 0 Å². The Balaban J connectivity index is 2.64. The number of pyridine rings is 1. The van der Waals surface area contributed by atoms with Gasteiger partial charge in [-0.2, -0.15) is 0 Å². The first-order valence-corrected chi connectivity index (χ1v) is 5.07. The molecule has 4 heteroatoms. The highest BCUT2D eigenvalue weighted by molar-refractivity contribution is 5.86. The molecule has 1 unspecified atom stereocenters. The first-order valence-electron chi connectivity index (χ1n) is 5.07. The molecule has 0 radical (unpaired) electrons. The van der Waals surface area contributed by atoms with Crippen LogP contribution in [0, 0.1) is 0 Å². The lowest BCUT2D eigenvalue weighted by Gasteiger charge is -2.11. The Hall–Kier alpha value is -1.65. The first-order chi connectivity index (χ1) is 7.76. The average Bonchev–Trinajstić information content (AvgIpc) is 2.36. The van der Waals surface area contributed by atoms with Crippen LogP contribution in [-0.2, 0) is 0 Å². The van der Waals surface area contributed by atoms with Gasteiger partial charge in [0.05, 0.1) is 12.8 Å². The number of ether oxygens (including phenoxy) is 1. The Morgan fingerprint density at radius 3 is 2.94 bits per heavy atom. The molecule has 2 rings (SSSR count). The zero-order valence-electron chi connectivity index (χ0n) is 9.05. The number of fused-ring (bicyclic) bond motifs is 1. The van der Waals surface area contributed by atoms with Gasteiger partial charge in [0.1, 0.15) is 11.9 Å². The Kier molecular flexibility index (Phi) is 3.03. The van der Waals surface area contributed by atoms with E-state index in [0.717, 1.165) is 16.5 Å². The lowest BCUT2D eigenvalue weighted by atomic mass is 10.1. The molecule has 1 heterocycles. The molecule has 0 aliphatic rings. The van der Waals surface area contributed by atoms with Crippen molar-refractivity contribution in [1.82, 2.24) is 4.98 Å². The van der Waals surface area contributed by atoms with Crippen LogP contribution in [0.5, 0.6) is 5.75 Å². The van der Waals surface area contributed by atoms with Crippen LogP contribution in [0.1, 0.15) is 11.8 Å². The summed E-state index contributed by atoms with van der Waals surface area (Å²) in [6.07, 6.45) is 0.930. The Morgan fingerprint density at radius 1 is 1.44 bits per heavy atom. The molecule has 0 amide bonds. The van der Waals surface area contributed by atoms with Crippen LogP contribution in [0.4, 0.5) is 0 Å². The maximum absolute atomic E-state index is 9.76. The van der Waals surface area contributed by atoms with Gasteiger partial charge in [0.15, 0.2) is 0 Å². The zero-order chi connectivity index (χ0) is 11.5. The maximum Gasteiger partial charge on any atom is 0.119 e. The largest absolute Gasteiger partial charge is 0.497 e. The third kappa shape index (κ3) is 1.85. The van der Waals surface area contributed by atoms with Crippen LogP contribution in [-0.4, -0.2) is 23.7 Å². The highest BCUT2D eigenvalue weighted by atomic mass is 16.5. The Morgan fingerprint density at radius 2 is 2.25 bits per heavy atom. The molecule has 0 spiro atoms. The zero-order valence-corrected chi connectivity index (χ0v) is 9.05. The van der Waals surface area contributed by atoms with Gasteiger partial charge in [-0.05, 0) is 23.6 Å². The van der Waals surface area contributed by atoms with E-state index in [9.17, 15) is 5.11 Å². The molecule has 1 atom stereocenters. The number of aromatic nitrogens is 1. The van der Waals surface area contributed by atoms with Crippen molar-refractivity contribution in [1.29, 1.82) is 0 Å². The van der Waals surface area contributed by atoms with E-state index in [1.165, 1.54) is 0 Å². The van der Waals surface area contributed by atoms with Crippen molar-refractivity contribution in [3.05, 3.63) is 36.2 Å². The smallest absolute Gasteiger partial charge is 0.119 e. The van der Waals surface area contributed by atoms with E-state index in [2.05, 4.69) is 4.98 Å². The first kappa shape index (κ1) is 10.9. The fraction of sp³-hybridized carbons (Fsp3) is 0.250. The molecule has 2 aromatic rings. The summed E-state index contributed by atoms with van der Waals surface area (Å²) in [5.41, 5.74) is 6.04. The van der Waals surface area contributed by atoms with Crippen LogP contribution in [0.25, 0.3) is 10.8 Å². The molecule has 0 saturated carbocycles. The minimum absolute atomic E-state index is 0.156. The molecule has 1 aromatic carbocycles. The highest BCUT2D eigenvalue weighted by Gasteiger charge is 2.11. The van der Waals surface area contributed by atoms with Crippen LogP contribution in [0.2, 0.25) is 0 Å². The second-order valence-electron chi connectivity index (χ2n) is 3.53. The van der Waals surface area contributed by atoms with Gasteiger partial charge in [-0.15, -0.1) is 0 Å².